The van der Waals surface area contributed by atoms with E-state index in [0.29, 0.717) is 5.41 Å². The summed E-state index contributed by atoms with van der Waals surface area (Å²) in [5.41, 5.74) is 0.443. The summed E-state index contributed by atoms with van der Waals surface area (Å²) in [5.74, 6) is 2.56. The average Bonchev–Trinajstić information content (AvgIpc) is 2.50. The lowest BCUT2D eigenvalue weighted by Gasteiger charge is -2.37. The normalized spacial score (nSPS) is 21.0. The van der Waals surface area contributed by atoms with E-state index in [-0.39, 0.29) is 0 Å². The molecule has 108 valence electrons. The van der Waals surface area contributed by atoms with Crippen molar-refractivity contribution >= 4 is 0 Å². The van der Waals surface area contributed by atoms with Gasteiger partial charge in [-0.05, 0) is 36.3 Å². The minimum absolute atomic E-state index is 0.443. The highest BCUT2D eigenvalue weighted by Crippen LogP contribution is 2.38. The molecule has 0 aromatic rings. The molecule has 1 N–H and O–H groups in total. The first-order chi connectivity index (χ1) is 8.41. The third-order valence-corrected chi connectivity index (χ3v) is 4.50. The third-order valence-electron chi connectivity index (χ3n) is 4.50. The van der Waals surface area contributed by atoms with Crippen LogP contribution in [-0.2, 0) is 0 Å². The summed E-state index contributed by atoms with van der Waals surface area (Å²) in [6.45, 7) is 14.3. The Morgan fingerprint density at radius 3 is 1.94 bits per heavy atom. The summed E-state index contributed by atoms with van der Waals surface area (Å²) in [5, 5.41) is 3.71. The van der Waals surface area contributed by atoms with Crippen LogP contribution < -0.4 is 5.32 Å². The molecule has 1 atom stereocenters. The molecule has 1 aliphatic carbocycles. The standard InChI is InChI=1S/C17H35N/c1-14(2)12-18-13-16(17(3,4)5)15-10-8-6-7-9-11-15/h14-16,18H,6-13H2,1-5H3. The molecule has 0 spiro atoms. The smallest absolute Gasteiger partial charge is 0.00127 e. The van der Waals surface area contributed by atoms with Gasteiger partial charge < -0.3 is 5.32 Å². The Morgan fingerprint density at radius 1 is 0.944 bits per heavy atom. The predicted octanol–water partition coefficient (Wildman–Crippen LogP) is 4.86. The first-order valence-electron chi connectivity index (χ1n) is 8.12. The fourth-order valence-corrected chi connectivity index (χ4v) is 3.42. The van der Waals surface area contributed by atoms with Gasteiger partial charge in [0.05, 0.1) is 0 Å². The van der Waals surface area contributed by atoms with E-state index >= 15 is 0 Å². The molecule has 0 heterocycles. The van der Waals surface area contributed by atoms with Gasteiger partial charge in [-0.1, -0.05) is 73.1 Å². The summed E-state index contributed by atoms with van der Waals surface area (Å²) in [4.78, 5) is 0. The topological polar surface area (TPSA) is 12.0 Å². The second-order valence-corrected chi connectivity index (χ2v) is 7.78. The van der Waals surface area contributed by atoms with Crippen LogP contribution in [0, 0.1) is 23.2 Å². The summed E-state index contributed by atoms with van der Waals surface area (Å²) in [6.07, 6.45) is 8.78. The van der Waals surface area contributed by atoms with E-state index in [0.717, 1.165) is 17.8 Å². The molecule has 18 heavy (non-hydrogen) atoms. The van der Waals surface area contributed by atoms with E-state index in [1.165, 1.54) is 51.6 Å². The van der Waals surface area contributed by atoms with E-state index in [1.54, 1.807) is 0 Å². The Morgan fingerprint density at radius 2 is 1.50 bits per heavy atom. The molecule has 0 aliphatic heterocycles. The number of hydrogen-bond acceptors (Lipinski definition) is 1. The second kappa shape index (κ2) is 7.53. The molecule has 0 saturated heterocycles. The molecule has 1 nitrogen and oxygen atoms in total. The number of nitrogens with one attached hydrogen (secondary N) is 1. The van der Waals surface area contributed by atoms with Crippen LogP contribution in [0.15, 0.2) is 0 Å². The lowest BCUT2D eigenvalue weighted by atomic mass is 9.70. The molecule has 1 unspecified atom stereocenters. The molecule has 0 aromatic heterocycles. The first-order valence-corrected chi connectivity index (χ1v) is 8.12. The zero-order valence-corrected chi connectivity index (χ0v) is 13.4. The highest BCUT2D eigenvalue weighted by atomic mass is 14.9. The van der Waals surface area contributed by atoms with Crippen LogP contribution in [0.2, 0.25) is 0 Å². The monoisotopic (exact) mass is 253 g/mol. The average molecular weight is 253 g/mol. The zero-order chi connectivity index (χ0) is 13.6. The molecule has 1 fully saturated rings. The van der Waals surface area contributed by atoms with Gasteiger partial charge in [-0.15, -0.1) is 0 Å². The lowest BCUT2D eigenvalue weighted by molar-refractivity contribution is 0.139. The fraction of sp³-hybridized carbons (Fsp3) is 1.00. The van der Waals surface area contributed by atoms with Gasteiger partial charge in [0.2, 0.25) is 0 Å². The van der Waals surface area contributed by atoms with Crippen molar-refractivity contribution < 1.29 is 0 Å². The van der Waals surface area contributed by atoms with Crippen molar-refractivity contribution in [3.8, 4) is 0 Å². The van der Waals surface area contributed by atoms with Gasteiger partial charge >= 0.3 is 0 Å². The molecular weight excluding hydrogens is 218 g/mol. The second-order valence-electron chi connectivity index (χ2n) is 7.78. The maximum Gasteiger partial charge on any atom is -0.00127 e. The largest absolute Gasteiger partial charge is 0.316 e. The summed E-state index contributed by atoms with van der Waals surface area (Å²) in [6, 6.07) is 0. The number of hydrogen-bond donors (Lipinski definition) is 1. The van der Waals surface area contributed by atoms with E-state index in [9.17, 15) is 0 Å². The molecule has 0 bridgehead atoms. The molecular formula is C17H35N. The molecule has 0 radical (unpaired) electrons. The van der Waals surface area contributed by atoms with Crippen LogP contribution in [0.4, 0.5) is 0 Å². The Labute approximate surface area is 115 Å². The van der Waals surface area contributed by atoms with Gasteiger partial charge in [0, 0.05) is 0 Å². The van der Waals surface area contributed by atoms with Crippen molar-refractivity contribution in [2.45, 2.75) is 73.1 Å². The van der Waals surface area contributed by atoms with Crippen LogP contribution in [0.3, 0.4) is 0 Å². The van der Waals surface area contributed by atoms with Crippen molar-refractivity contribution in [3.63, 3.8) is 0 Å². The highest BCUT2D eigenvalue weighted by molar-refractivity contribution is 4.83. The van der Waals surface area contributed by atoms with E-state index in [1.807, 2.05) is 0 Å². The van der Waals surface area contributed by atoms with Crippen molar-refractivity contribution in [1.82, 2.24) is 5.32 Å². The maximum atomic E-state index is 3.71. The fourth-order valence-electron chi connectivity index (χ4n) is 3.42. The molecule has 1 rings (SSSR count). The minimum atomic E-state index is 0.443. The van der Waals surface area contributed by atoms with Gasteiger partial charge in [-0.3, -0.25) is 0 Å². The van der Waals surface area contributed by atoms with E-state index in [2.05, 4.69) is 39.9 Å². The highest BCUT2D eigenvalue weighted by Gasteiger charge is 2.31. The molecule has 0 amide bonds. The van der Waals surface area contributed by atoms with Gasteiger partial charge in [-0.2, -0.15) is 0 Å². The van der Waals surface area contributed by atoms with Crippen molar-refractivity contribution in [2.24, 2.45) is 23.2 Å². The van der Waals surface area contributed by atoms with Crippen LogP contribution in [-0.4, -0.2) is 13.1 Å². The van der Waals surface area contributed by atoms with Gasteiger partial charge in [-0.25, -0.2) is 0 Å². The predicted molar refractivity (Wildman–Crippen MR) is 81.8 cm³/mol. The van der Waals surface area contributed by atoms with Crippen LogP contribution in [0.1, 0.15) is 73.1 Å². The molecule has 1 heteroatoms. The molecule has 1 saturated carbocycles. The molecule has 0 aromatic carbocycles. The van der Waals surface area contributed by atoms with E-state index < -0.39 is 0 Å². The van der Waals surface area contributed by atoms with Gasteiger partial charge in [0.15, 0.2) is 0 Å². The zero-order valence-electron chi connectivity index (χ0n) is 13.4. The van der Waals surface area contributed by atoms with Gasteiger partial charge in [0.25, 0.3) is 0 Å². The Balaban J connectivity index is 2.53. The maximum absolute atomic E-state index is 3.71. The van der Waals surface area contributed by atoms with E-state index in [4.69, 9.17) is 0 Å². The van der Waals surface area contributed by atoms with Gasteiger partial charge in [0.1, 0.15) is 0 Å². The lowest BCUT2D eigenvalue weighted by Crippen LogP contribution is -2.38. The number of rotatable bonds is 5. The Kier molecular flexibility index (Phi) is 6.70. The summed E-state index contributed by atoms with van der Waals surface area (Å²) >= 11 is 0. The first kappa shape index (κ1) is 16.0. The Bertz CT molecular complexity index is 206. The van der Waals surface area contributed by atoms with Crippen molar-refractivity contribution in [1.29, 1.82) is 0 Å². The SMILES string of the molecule is CC(C)CNCC(C1CCCCCC1)C(C)(C)C. The van der Waals surface area contributed by atoms with Crippen LogP contribution >= 0.6 is 0 Å². The van der Waals surface area contributed by atoms with Crippen LogP contribution in [0.25, 0.3) is 0 Å². The third kappa shape index (κ3) is 5.73. The molecule has 1 aliphatic rings. The van der Waals surface area contributed by atoms with Crippen LogP contribution in [0.5, 0.6) is 0 Å². The summed E-state index contributed by atoms with van der Waals surface area (Å²) in [7, 11) is 0. The van der Waals surface area contributed by atoms with Crippen molar-refractivity contribution in [2.75, 3.05) is 13.1 Å². The van der Waals surface area contributed by atoms with Crippen molar-refractivity contribution in [3.05, 3.63) is 0 Å². The quantitative estimate of drug-likeness (QED) is 0.690. The minimum Gasteiger partial charge on any atom is -0.316 e. The Hall–Kier alpha value is -0.0400. The summed E-state index contributed by atoms with van der Waals surface area (Å²) < 4.78 is 0.